The highest BCUT2D eigenvalue weighted by molar-refractivity contribution is 6.30. The molecule has 0 saturated heterocycles. The first-order valence-corrected chi connectivity index (χ1v) is 8.01. The van der Waals surface area contributed by atoms with Gasteiger partial charge in [0, 0.05) is 23.4 Å². The Morgan fingerprint density at radius 1 is 1.35 bits per heavy atom. The molecule has 1 aromatic rings. The Morgan fingerprint density at radius 2 is 2.05 bits per heavy atom. The Bertz CT molecular complexity index is 484. The van der Waals surface area contributed by atoms with Crippen LogP contribution in [0.1, 0.15) is 38.2 Å². The molecule has 2 bridgehead atoms. The van der Waals surface area contributed by atoms with Gasteiger partial charge in [-0.05, 0) is 55.7 Å². The first kappa shape index (κ1) is 14.4. The predicted molar refractivity (Wildman–Crippen MR) is 82.7 cm³/mol. The molecule has 20 heavy (non-hydrogen) atoms. The van der Waals surface area contributed by atoms with Crippen LogP contribution < -0.4 is 5.73 Å². The van der Waals surface area contributed by atoms with Crippen LogP contribution in [0.2, 0.25) is 5.02 Å². The maximum atomic E-state index is 11.2. The van der Waals surface area contributed by atoms with Gasteiger partial charge in [0.25, 0.3) is 0 Å². The molecule has 3 N–H and O–H groups in total. The summed E-state index contributed by atoms with van der Waals surface area (Å²) in [5.41, 5.74) is 6.43. The van der Waals surface area contributed by atoms with Gasteiger partial charge in [-0.2, -0.15) is 0 Å². The summed E-state index contributed by atoms with van der Waals surface area (Å²) >= 11 is 5.93. The zero-order valence-electron chi connectivity index (χ0n) is 12.1. The Kier molecular flexibility index (Phi) is 3.60. The van der Waals surface area contributed by atoms with Crippen molar-refractivity contribution in [2.45, 2.75) is 44.6 Å². The molecule has 1 aromatic carbocycles. The number of nitrogens with two attached hydrogens (primary N) is 1. The summed E-state index contributed by atoms with van der Waals surface area (Å²) in [6.07, 6.45) is 5.56. The number of fused-ring (bicyclic) bond motifs is 2. The molecule has 4 unspecified atom stereocenters. The summed E-state index contributed by atoms with van der Waals surface area (Å²) in [4.78, 5) is 0. The van der Waals surface area contributed by atoms with Gasteiger partial charge in [0.15, 0.2) is 0 Å². The smallest absolute Gasteiger partial charge is 0.0730 e. The molecule has 2 saturated carbocycles. The van der Waals surface area contributed by atoms with Gasteiger partial charge in [-0.25, -0.2) is 0 Å². The monoisotopic (exact) mass is 293 g/mol. The molecule has 2 fully saturated rings. The zero-order valence-corrected chi connectivity index (χ0v) is 12.9. The van der Waals surface area contributed by atoms with Gasteiger partial charge in [0.05, 0.1) is 5.60 Å². The Hall–Kier alpha value is -0.570. The van der Waals surface area contributed by atoms with E-state index in [9.17, 15) is 5.11 Å². The standard InChI is InChI=1S/C17H24ClNO/c1-16(20,9-12-3-6-15(18)7-4-12)17(11-19)10-13-2-5-14(17)8-13/h3-4,6-7,13-14,20H,2,5,8-11,19H2,1H3. The van der Waals surface area contributed by atoms with Crippen molar-refractivity contribution in [2.24, 2.45) is 23.0 Å². The van der Waals surface area contributed by atoms with Crippen LogP contribution in [-0.2, 0) is 6.42 Å². The Balaban J connectivity index is 1.84. The van der Waals surface area contributed by atoms with Crippen molar-refractivity contribution in [3.8, 4) is 0 Å². The summed E-state index contributed by atoms with van der Waals surface area (Å²) < 4.78 is 0. The van der Waals surface area contributed by atoms with Crippen LogP contribution in [0.25, 0.3) is 0 Å². The van der Waals surface area contributed by atoms with Crippen molar-refractivity contribution >= 4 is 11.6 Å². The lowest BCUT2D eigenvalue weighted by Crippen LogP contribution is -2.55. The van der Waals surface area contributed by atoms with E-state index in [2.05, 4.69) is 0 Å². The quantitative estimate of drug-likeness (QED) is 0.894. The summed E-state index contributed by atoms with van der Waals surface area (Å²) in [5, 5.41) is 11.9. The lowest BCUT2D eigenvalue weighted by molar-refractivity contribution is -0.0956. The number of halogens is 1. The maximum absolute atomic E-state index is 11.2. The molecular weight excluding hydrogens is 270 g/mol. The first-order valence-electron chi connectivity index (χ1n) is 7.64. The fourth-order valence-corrected chi connectivity index (χ4v) is 4.88. The Morgan fingerprint density at radius 3 is 2.55 bits per heavy atom. The van der Waals surface area contributed by atoms with Crippen LogP contribution in [0.5, 0.6) is 0 Å². The van der Waals surface area contributed by atoms with E-state index >= 15 is 0 Å². The Labute approximate surface area is 126 Å². The molecule has 3 rings (SSSR count). The lowest BCUT2D eigenvalue weighted by atomic mass is 9.61. The van der Waals surface area contributed by atoms with E-state index in [0.717, 1.165) is 22.9 Å². The average molecular weight is 294 g/mol. The normalized spacial score (nSPS) is 35.2. The third-order valence-electron chi connectivity index (χ3n) is 5.87. The molecule has 0 radical (unpaired) electrons. The molecule has 0 spiro atoms. The van der Waals surface area contributed by atoms with Crippen LogP contribution in [0.15, 0.2) is 24.3 Å². The van der Waals surface area contributed by atoms with Crippen LogP contribution >= 0.6 is 11.6 Å². The summed E-state index contributed by atoms with van der Waals surface area (Å²) in [6, 6.07) is 7.80. The number of hydrogen-bond acceptors (Lipinski definition) is 2. The SMILES string of the molecule is CC(O)(Cc1ccc(Cl)cc1)C1(CN)CC2CCC1C2. The third kappa shape index (κ3) is 2.18. The lowest BCUT2D eigenvalue weighted by Gasteiger charge is -2.48. The number of aliphatic hydroxyl groups is 1. The second-order valence-corrected chi connectivity index (χ2v) is 7.45. The molecule has 0 aliphatic heterocycles. The molecule has 3 heteroatoms. The fourth-order valence-electron chi connectivity index (χ4n) is 4.75. The van der Waals surface area contributed by atoms with E-state index in [1.807, 2.05) is 31.2 Å². The van der Waals surface area contributed by atoms with E-state index in [4.69, 9.17) is 17.3 Å². The summed E-state index contributed by atoms with van der Waals surface area (Å²) in [5.74, 6) is 1.38. The van der Waals surface area contributed by atoms with Crippen molar-refractivity contribution in [3.05, 3.63) is 34.9 Å². The number of hydrogen-bond donors (Lipinski definition) is 2. The first-order chi connectivity index (χ1) is 9.47. The number of benzene rings is 1. The van der Waals surface area contributed by atoms with E-state index < -0.39 is 5.60 Å². The van der Waals surface area contributed by atoms with E-state index in [0.29, 0.717) is 18.9 Å². The van der Waals surface area contributed by atoms with E-state index in [1.165, 1.54) is 19.3 Å². The van der Waals surface area contributed by atoms with Gasteiger partial charge in [0.1, 0.15) is 0 Å². The number of rotatable bonds is 4. The fraction of sp³-hybridized carbons (Fsp3) is 0.647. The topological polar surface area (TPSA) is 46.2 Å². The average Bonchev–Trinajstić information content (AvgIpc) is 3.02. The van der Waals surface area contributed by atoms with Crippen molar-refractivity contribution in [3.63, 3.8) is 0 Å². The summed E-state index contributed by atoms with van der Waals surface area (Å²) in [6.45, 7) is 2.57. The van der Waals surface area contributed by atoms with Gasteiger partial charge in [-0.3, -0.25) is 0 Å². The predicted octanol–water partition coefficient (Wildman–Crippen LogP) is 3.40. The van der Waals surface area contributed by atoms with E-state index in [-0.39, 0.29) is 5.41 Å². The largest absolute Gasteiger partial charge is 0.389 e. The highest BCUT2D eigenvalue weighted by Gasteiger charge is 2.58. The second-order valence-electron chi connectivity index (χ2n) is 7.02. The minimum absolute atomic E-state index is 0.102. The molecule has 0 heterocycles. The van der Waals surface area contributed by atoms with Crippen molar-refractivity contribution in [2.75, 3.05) is 6.54 Å². The minimum atomic E-state index is -0.741. The van der Waals surface area contributed by atoms with Crippen LogP contribution in [-0.4, -0.2) is 17.3 Å². The van der Waals surface area contributed by atoms with Crippen molar-refractivity contribution in [1.29, 1.82) is 0 Å². The molecule has 110 valence electrons. The second kappa shape index (κ2) is 5.01. The van der Waals surface area contributed by atoms with E-state index in [1.54, 1.807) is 0 Å². The van der Waals surface area contributed by atoms with Crippen LogP contribution in [0.4, 0.5) is 0 Å². The summed E-state index contributed by atoms with van der Waals surface area (Å²) in [7, 11) is 0. The van der Waals surface area contributed by atoms with Crippen molar-refractivity contribution in [1.82, 2.24) is 0 Å². The highest BCUT2D eigenvalue weighted by atomic mass is 35.5. The van der Waals surface area contributed by atoms with Gasteiger partial charge in [0.2, 0.25) is 0 Å². The van der Waals surface area contributed by atoms with Gasteiger partial charge < -0.3 is 10.8 Å². The molecule has 0 amide bonds. The molecule has 4 atom stereocenters. The molecule has 2 nitrogen and oxygen atoms in total. The molecule has 2 aliphatic rings. The van der Waals surface area contributed by atoms with Gasteiger partial charge in [-0.1, -0.05) is 30.2 Å². The van der Waals surface area contributed by atoms with Gasteiger partial charge >= 0.3 is 0 Å². The zero-order chi connectivity index (χ0) is 14.4. The highest BCUT2D eigenvalue weighted by Crippen LogP contribution is 2.60. The maximum Gasteiger partial charge on any atom is 0.0730 e. The van der Waals surface area contributed by atoms with Crippen molar-refractivity contribution < 1.29 is 5.11 Å². The minimum Gasteiger partial charge on any atom is -0.389 e. The molecule has 0 aromatic heterocycles. The van der Waals surface area contributed by atoms with Crippen LogP contribution in [0, 0.1) is 17.3 Å². The molecular formula is C17H24ClNO. The molecule has 2 aliphatic carbocycles. The van der Waals surface area contributed by atoms with Gasteiger partial charge in [-0.15, -0.1) is 0 Å². The third-order valence-corrected chi connectivity index (χ3v) is 6.13. The van der Waals surface area contributed by atoms with Crippen LogP contribution in [0.3, 0.4) is 0 Å².